The van der Waals surface area contributed by atoms with E-state index >= 15 is 0 Å². The van der Waals surface area contributed by atoms with Gasteiger partial charge in [0.05, 0.1) is 20.6 Å². The number of carboxylic acids is 2. The van der Waals surface area contributed by atoms with Gasteiger partial charge in [0.2, 0.25) is 0 Å². The predicted octanol–water partition coefficient (Wildman–Crippen LogP) is 0.819. The maximum Gasteiger partial charge on any atom is 0.336 e. The van der Waals surface area contributed by atoms with E-state index in [-0.39, 0.29) is 11.1 Å². The second-order valence-corrected chi connectivity index (χ2v) is 6.87. The van der Waals surface area contributed by atoms with Crippen molar-refractivity contribution in [2.45, 2.75) is 13.8 Å². The van der Waals surface area contributed by atoms with E-state index in [0.717, 1.165) is 5.19 Å². The Labute approximate surface area is 124 Å². The highest BCUT2D eigenvalue weighted by atomic mass is 28.2. The van der Waals surface area contributed by atoms with Crippen molar-refractivity contribution in [1.82, 2.24) is 0 Å². The first-order valence-corrected chi connectivity index (χ1v) is 7.96. The summed E-state index contributed by atoms with van der Waals surface area (Å²) in [5.41, 5.74) is 1.52. The van der Waals surface area contributed by atoms with Crippen LogP contribution in [0.5, 0.6) is 0 Å². The van der Waals surface area contributed by atoms with Crippen LogP contribution < -0.4 is 10.4 Å². The van der Waals surface area contributed by atoms with Gasteiger partial charge in [0.15, 0.2) is 0 Å². The summed E-state index contributed by atoms with van der Waals surface area (Å²) in [5, 5.41) is 20.5. The van der Waals surface area contributed by atoms with Crippen LogP contribution in [0.25, 0.3) is 0 Å². The lowest BCUT2D eigenvalue weighted by atomic mass is 9.99. The molecule has 0 unspecified atom stereocenters. The van der Waals surface area contributed by atoms with E-state index in [1.54, 1.807) is 13.8 Å². The van der Waals surface area contributed by atoms with E-state index in [1.807, 2.05) is 30.3 Å². The average Bonchev–Trinajstić information content (AvgIpc) is 2.42. The van der Waals surface area contributed by atoms with Crippen molar-refractivity contribution in [3.63, 3.8) is 0 Å². The van der Waals surface area contributed by atoms with Crippen LogP contribution >= 0.6 is 0 Å². The zero-order valence-corrected chi connectivity index (χ0v) is 13.3. The summed E-state index contributed by atoms with van der Waals surface area (Å²) in [7, 11) is -1.05. The molecule has 2 aromatic rings. The normalized spacial score (nSPS) is 11.0. The second kappa shape index (κ2) is 5.93. The molecule has 0 radical (unpaired) electrons. The first-order valence-electron chi connectivity index (χ1n) is 6.55. The molecule has 2 aromatic carbocycles. The standard InChI is InChI=1S/C16H16O4Si/c1-9-8-12(15(17)18)14(10(2)13(9)16(19)20)21-11-6-4-3-5-7-11/h3-8H,21H2,1-2H3,(H,17,18)(H,19,20). The van der Waals surface area contributed by atoms with Crippen molar-refractivity contribution in [3.8, 4) is 0 Å². The van der Waals surface area contributed by atoms with Crippen molar-refractivity contribution in [2.24, 2.45) is 0 Å². The Kier molecular flexibility index (Phi) is 4.23. The van der Waals surface area contributed by atoms with Crippen molar-refractivity contribution in [2.75, 3.05) is 0 Å². The SMILES string of the molecule is Cc1cc(C(=O)O)c([SiH2]c2ccccc2)c(C)c1C(=O)O. The van der Waals surface area contributed by atoms with Gasteiger partial charge < -0.3 is 10.2 Å². The molecular formula is C16H16O4Si. The number of hydrogen-bond donors (Lipinski definition) is 2. The fourth-order valence-electron chi connectivity index (χ4n) is 2.57. The summed E-state index contributed by atoms with van der Waals surface area (Å²) in [5.74, 6) is -2.01. The van der Waals surface area contributed by atoms with E-state index in [9.17, 15) is 19.8 Å². The lowest BCUT2D eigenvalue weighted by molar-refractivity contribution is 0.0681. The van der Waals surface area contributed by atoms with Gasteiger partial charge >= 0.3 is 11.9 Å². The molecule has 0 fully saturated rings. The van der Waals surface area contributed by atoms with Gasteiger partial charge in [-0.1, -0.05) is 35.5 Å². The molecule has 0 aromatic heterocycles. The highest BCUT2D eigenvalue weighted by Crippen LogP contribution is 2.15. The molecule has 0 bridgehead atoms. The molecule has 0 saturated carbocycles. The van der Waals surface area contributed by atoms with E-state index in [0.29, 0.717) is 16.3 Å². The molecule has 0 atom stereocenters. The summed E-state index contributed by atoms with van der Waals surface area (Å²) in [6, 6.07) is 11.1. The molecule has 4 nitrogen and oxygen atoms in total. The molecule has 0 saturated heterocycles. The lowest BCUT2D eigenvalue weighted by Crippen LogP contribution is -2.35. The van der Waals surface area contributed by atoms with Gasteiger partial charge in [-0.25, -0.2) is 9.59 Å². The molecule has 0 heterocycles. The number of carboxylic acid groups (broad SMARTS) is 2. The first-order chi connectivity index (χ1) is 9.91. The minimum atomic E-state index is -1.05. The number of aryl methyl sites for hydroxylation is 1. The van der Waals surface area contributed by atoms with Gasteiger partial charge in [-0.05, 0) is 36.2 Å². The molecular weight excluding hydrogens is 284 g/mol. The number of rotatable bonds is 4. The molecule has 5 heteroatoms. The smallest absolute Gasteiger partial charge is 0.336 e. The highest BCUT2D eigenvalue weighted by molar-refractivity contribution is 6.69. The summed E-state index contributed by atoms with van der Waals surface area (Å²) in [6.07, 6.45) is 0. The minimum absolute atomic E-state index is 0.221. The Hall–Kier alpha value is -2.40. The molecule has 0 amide bonds. The summed E-state index contributed by atoms with van der Waals surface area (Å²) in [4.78, 5) is 22.9. The third-order valence-electron chi connectivity index (χ3n) is 3.58. The Bertz CT molecular complexity index is 708. The molecule has 0 spiro atoms. The van der Waals surface area contributed by atoms with Gasteiger partial charge in [-0.3, -0.25) is 0 Å². The van der Waals surface area contributed by atoms with Crippen LogP contribution in [0.1, 0.15) is 31.8 Å². The second-order valence-electron chi connectivity index (χ2n) is 4.99. The molecule has 21 heavy (non-hydrogen) atoms. The molecule has 0 aliphatic carbocycles. The zero-order valence-electron chi connectivity index (χ0n) is 11.9. The number of benzene rings is 2. The molecule has 2 rings (SSSR count). The predicted molar refractivity (Wildman–Crippen MR) is 84.1 cm³/mol. The van der Waals surface area contributed by atoms with Crippen molar-refractivity contribution < 1.29 is 19.8 Å². The van der Waals surface area contributed by atoms with Gasteiger partial charge in [0, 0.05) is 0 Å². The van der Waals surface area contributed by atoms with Crippen molar-refractivity contribution in [1.29, 1.82) is 0 Å². The minimum Gasteiger partial charge on any atom is -0.478 e. The molecule has 2 N–H and O–H groups in total. The number of aromatic carboxylic acids is 2. The van der Waals surface area contributed by atoms with Crippen LogP contribution in [0.3, 0.4) is 0 Å². The monoisotopic (exact) mass is 300 g/mol. The van der Waals surface area contributed by atoms with Crippen LogP contribution in [0.2, 0.25) is 0 Å². The first kappa shape index (κ1) is 15.0. The van der Waals surface area contributed by atoms with Crippen LogP contribution in [-0.4, -0.2) is 31.7 Å². The third kappa shape index (κ3) is 3.03. The van der Waals surface area contributed by atoms with Gasteiger partial charge in [-0.15, -0.1) is 0 Å². The maximum atomic E-state index is 11.5. The average molecular weight is 300 g/mol. The van der Waals surface area contributed by atoms with Gasteiger partial charge in [0.25, 0.3) is 0 Å². The fraction of sp³-hybridized carbons (Fsp3) is 0.125. The van der Waals surface area contributed by atoms with Crippen LogP contribution in [0, 0.1) is 13.8 Å². The third-order valence-corrected chi connectivity index (χ3v) is 5.72. The largest absolute Gasteiger partial charge is 0.478 e. The van der Waals surface area contributed by atoms with Gasteiger partial charge in [0.1, 0.15) is 0 Å². The molecule has 0 aliphatic heterocycles. The molecule has 108 valence electrons. The highest BCUT2D eigenvalue weighted by Gasteiger charge is 2.21. The Morgan fingerprint density at radius 2 is 1.62 bits per heavy atom. The maximum absolute atomic E-state index is 11.5. The topological polar surface area (TPSA) is 74.6 Å². The van der Waals surface area contributed by atoms with E-state index in [4.69, 9.17) is 0 Å². The fourth-order valence-corrected chi connectivity index (χ4v) is 4.37. The van der Waals surface area contributed by atoms with E-state index in [1.165, 1.54) is 6.07 Å². The lowest BCUT2D eigenvalue weighted by Gasteiger charge is -2.15. The van der Waals surface area contributed by atoms with E-state index in [2.05, 4.69) is 0 Å². The summed E-state index contributed by atoms with van der Waals surface area (Å²) < 4.78 is 0. The van der Waals surface area contributed by atoms with Crippen molar-refractivity contribution in [3.05, 3.63) is 58.7 Å². The Balaban J connectivity index is 2.64. The van der Waals surface area contributed by atoms with E-state index < -0.39 is 21.5 Å². The van der Waals surface area contributed by atoms with Crippen molar-refractivity contribution >= 4 is 31.8 Å². The summed E-state index contributed by atoms with van der Waals surface area (Å²) in [6.45, 7) is 3.34. The zero-order chi connectivity index (χ0) is 15.6. The Morgan fingerprint density at radius 3 is 2.14 bits per heavy atom. The van der Waals surface area contributed by atoms with Crippen LogP contribution in [0.15, 0.2) is 36.4 Å². The van der Waals surface area contributed by atoms with Gasteiger partial charge in [-0.2, -0.15) is 0 Å². The van der Waals surface area contributed by atoms with Crippen LogP contribution in [0.4, 0.5) is 0 Å². The number of hydrogen-bond acceptors (Lipinski definition) is 2. The number of carbonyl (C=O) groups is 2. The summed E-state index contributed by atoms with van der Waals surface area (Å²) >= 11 is 0. The quantitative estimate of drug-likeness (QED) is 0.820. The molecule has 0 aliphatic rings. The Morgan fingerprint density at radius 1 is 1.00 bits per heavy atom. The van der Waals surface area contributed by atoms with Crippen LogP contribution in [-0.2, 0) is 0 Å².